The summed E-state index contributed by atoms with van der Waals surface area (Å²) >= 11 is 0. The number of esters is 1. The third-order valence-corrected chi connectivity index (χ3v) is 3.33. The minimum Gasteiger partial charge on any atom is -0.467 e. The summed E-state index contributed by atoms with van der Waals surface area (Å²) in [7, 11) is 1.27. The highest BCUT2D eigenvalue weighted by Gasteiger charge is 2.25. The molecule has 118 valence electrons. The Labute approximate surface area is 128 Å². The number of rotatable bonds is 6. The molecule has 1 saturated heterocycles. The maximum Gasteiger partial charge on any atom is 0.409 e. The molecular formula is C15H18N2O5. The molecule has 0 spiro atoms. The number of cyclic esters (lactones) is 1. The topological polar surface area (TPSA) is 84.9 Å². The maximum atomic E-state index is 12.0. The van der Waals surface area contributed by atoms with Crippen LogP contribution in [0, 0.1) is 0 Å². The van der Waals surface area contributed by atoms with Gasteiger partial charge < -0.3 is 19.7 Å². The molecule has 0 unspecified atom stereocenters. The Morgan fingerprint density at radius 1 is 1.36 bits per heavy atom. The van der Waals surface area contributed by atoms with Crippen LogP contribution in [-0.2, 0) is 19.1 Å². The van der Waals surface area contributed by atoms with Gasteiger partial charge in [0.2, 0.25) is 5.91 Å². The molecule has 1 atom stereocenters. The zero-order valence-corrected chi connectivity index (χ0v) is 12.3. The number of amides is 2. The molecule has 1 aromatic rings. The van der Waals surface area contributed by atoms with Gasteiger partial charge in [0.05, 0.1) is 13.7 Å². The van der Waals surface area contributed by atoms with Crippen LogP contribution in [0.25, 0.3) is 0 Å². The molecule has 1 heterocycles. The fourth-order valence-corrected chi connectivity index (χ4v) is 2.14. The number of carbonyl (C=O) groups is 3. The summed E-state index contributed by atoms with van der Waals surface area (Å²) in [6.45, 7) is 1.08. The van der Waals surface area contributed by atoms with Gasteiger partial charge in [-0.1, -0.05) is 30.3 Å². The Balaban J connectivity index is 1.93. The number of nitrogens with zero attached hydrogens (tertiary/aromatic N) is 1. The molecule has 7 nitrogen and oxygen atoms in total. The van der Waals surface area contributed by atoms with Gasteiger partial charge in [0.25, 0.3) is 0 Å². The highest BCUT2D eigenvalue weighted by atomic mass is 16.6. The molecule has 1 aliphatic rings. The van der Waals surface area contributed by atoms with E-state index in [1.807, 2.05) is 6.07 Å². The van der Waals surface area contributed by atoms with Crippen molar-refractivity contribution in [2.75, 3.05) is 26.8 Å². The summed E-state index contributed by atoms with van der Waals surface area (Å²) in [6, 6.07) is 7.98. The second-order valence-electron chi connectivity index (χ2n) is 4.79. The van der Waals surface area contributed by atoms with Crippen LogP contribution in [0.1, 0.15) is 18.0 Å². The number of ether oxygens (including phenoxy) is 2. The highest BCUT2D eigenvalue weighted by molar-refractivity contribution is 5.85. The van der Waals surface area contributed by atoms with Crippen molar-refractivity contribution in [3.63, 3.8) is 0 Å². The van der Waals surface area contributed by atoms with Gasteiger partial charge in [0.15, 0.2) is 6.04 Å². The van der Waals surface area contributed by atoms with Crippen LogP contribution < -0.4 is 5.32 Å². The van der Waals surface area contributed by atoms with E-state index in [9.17, 15) is 14.4 Å². The second-order valence-corrected chi connectivity index (χ2v) is 4.79. The lowest BCUT2D eigenvalue weighted by Crippen LogP contribution is -2.37. The standard InChI is InChI=1S/C15H18N2O5/c1-21-14(19)13(11-5-3-2-4-6-11)16-12(18)7-8-17-9-10-22-15(17)20/h2-6,13H,7-10H2,1H3,(H,16,18)/t13-/m1/s1. The lowest BCUT2D eigenvalue weighted by molar-refractivity contribution is -0.145. The molecule has 1 aromatic carbocycles. The van der Waals surface area contributed by atoms with Crippen molar-refractivity contribution in [2.45, 2.75) is 12.5 Å². The zero-order chi connectivity index (χ0) is 15.9. The lowest BCUT2D eigenvalue weighted by Gasteiger charge is -2.18. The molecule has 7 heteroatoms. The molecule has 1 fully saturated rings. The first kappa shape index (κ1) is 15.8. The van der Waals surface area contributed by atoms with E-state index in [1.165, 1.54) is 12.0 Å². The number of methoxy groups -OCH3 is 1. The number of hydrogen-bond acceptors (Lipinski definition) is 5. The second kappa shape index (κ2) is 7.44. The minimum absolute atomic E-state index is 0.0927. The van der Waals surface area contributed by atoms with Crippen LogP contribution in [0.15, 0.2) is 30.3 Å². The Bertz CT molecular complexity index is 546. The molecule has 0 aromatic heterocycles. The number of hydrogen-bond donors (Lipinski definition) is 1. The highest BCUT2D eigenvalue weighted by Crippen LogP contribution is 2.14. The molecule has 1 aliphatic heterocycles. The summed E-state index contributed by atoms with van der Waals surface area (Å²) < 4.78 is 9.51. The minimum atomic E-state index is -0.857. The van der Waals surface area contributed by atoms with Crippen molar-refractivity contribution < 1.29 is 23.9 Å². The first-order chi connectivity index (χ1) is 10.6. The fraction of sp³-hybridized carbons (Fsp3) is 0.400. The van der Waals surface area contributed by atoms with Crippen LogP contribution in [0.3, 0.4) is 0 Å². The predicted octanol–water partition coefficient (Wildman–Crippen LogP) is 0.859. The summed E-state index contributed by atoms with van der Waals surface area (Å²) in [5.41, 5.74) is 0.642. The van der Waals surface area contributed by atoms with E-state index in [2.05, 4.69) is 5.32 Å². The number of carbonyl (C=O) groups excluding carboxylic acids is 3. The van der Waals surface area contributed by atoms with Crippen LogP contribution in [0.5, 0.6) is 0 Å². The molecule has 1 N–H and O–H groups in total. The van der Waals surface area contributed by atoms with E-state index in [4.69, 9.17) is 9.47 Å². The first-order valence-corrected chi connectivity index (χ1v) is 6.95. The van der Waals surface area contributed by atoms with Crippen LogP contribution in [0.2, 0.25) is 0 Å². The van der Waals surface area contributed by atoms with Gasteiger partial charge in [-0.2, -0.15) is 0 Å². The predicted molar refractivity (Wildman–Crippen MR) is 76.9 cm³/mol. The third-order valence-electron chi connectivity index (χ3n) is 3.33. The summed E-state index contributed by atoms with van der Waals surface area (Å²) in [6.07, 6.45) is -0.324. The van der Waals surface area contributed by atoms with E-state index in [0.29, 0.717) is 18.7 Å². The molecule has 22 heavy (non-hydrogen) atoms. The van der Waals surface area contributed by atoms with Crippen molar-refractivity contribution >= 4 is 18.0 Å². The van der Waals surface area contributed by atoms with Gasteiger partial charge in [0.1, 0.15) is 6.61 Å². The largest absolute Gasteiger partial charge is 0.467 e. The average Bonchev–Trinajstić information content (AvgIpc) is 2.96. The van der Waals surface area contributed by atoms with E-state index >= 15 is 0 Å². The van der Waals surface area contributed by atoms with Crippen molar-refractivity contribution in [1.82, 2.24) is 10.2 Å². The van der Waals surface area contributed by atoms with Crippen molar-refractivity contribution in [3.05, 3.63) is 35.9 Å². The van der Waals surface area contributed by atoms with Gasteiger partial charge >= 0.3 is 12.1 Å². The summed E-state index contributed by atoms with van der Waals surface area (Å²) in [5, 5.41) is 2.63. The Hall–Kier alpha value is -2.57. The van der Waals surface area contributed by atoms with E-state index in [1.54, 1.807) is 24.3 Å². The number of benzene rings is 1. The van der Waals surface area contributed by atoms with Crippen molar-refractivity contribution in [1.29, 1.82) is 0 Å². The first-order valence-electron chi connectivity index (χ1n) is 6.95. The molecule has 0 radical (unpaired) electrons. The average molecular weight is 306 g/mol. The quantitative estimate of drug-likeness (QED) is 0.788. The van der Waals surface area contributed by atoms with Crippen molar-refractivity contribution in [3.8, 4) is 0 Å². The van der Waals surface area contributed by atoms with Gasteiger partial charge in [-0.3, -0.25) is 4.79 Å². The van der Waals surface area contributed by atoms with Gasteiger partial charge in [-0.05, 0) is 5.56 Å². The summed E-state index contributed by atoms with van der Waals surface area (Å²) in [4.78, 5) is 36.6. The molecule has 0 saturated carbocycles. The summed E-state index contributed by atoms with van der Waals surface area (Å²) in [5.74, 6) is -0.876. The van der Waals surface area contributed by atoms with Crippen LogP contribution in [-0.4, -0.2) is 49.7 Å². The smallest absolute Gasteiger partial charge is 0.409 e. The molecule has 0 aliphatic carbocycles. The Morgan fingerprint density at radius 3 is 2.68 bits per heavy atom. The van der Waals surface area contributed by atoms with Crippen molar-refractivity contribution in [2.24, 2.45) is 0 Å². The molecular weight excluding hydrogens is 288 g/mol. The van der Waals surface area contributed by atoms with E-state index < -0.39 is 18.1 Å². The third kappa shape index (κ3) is 3.97. The lowest BCUT2D eigenvalue weighted by atomic mass is 10.1. The van der Waals surface area contributed by atoms with E-state index in [-0.39, 0.29) is 18.9 Å². The van der Waals surface area contributed by atoms with Gasteiger partial charge in [-0.15, -0.1) is 0 Å². The Kier molecular flexibility index (Phi) is 5.35. The van der Waals surface area contributed by atoms with E-state index in [0.717, 1.165) is 0 Å². The maximum absolute atomic E-state index is 12.0. The monoisotopic (exact) mass is 306 g/mol. The normalized spacial score (nSPS) is 15.1. The number of nitrogens with one attached hydrogen (secondary N) is 1. The fourth-order valence-electron chi connectivity index (χ4n) is 2.14. The Morgan fingerprint density at radius 2 is 2.09 bits per heavy atom. The molecule has 2 rings (SSSR count). The van der Waals surface area contributed by atoms with Crippen LogP contribution >= 0.6 is 0 Å². The van der Waals surface area contributed by atoms with Crippen LogP contribution in [0.4, 0.5) is 4.79 Å². The van der Waals surface area contributed by atoms with Gasteiger partial charge in [0, 0.05) is 13.0 Å². The SMILES string of the molecule is COC(=O)[C@H](NC(=O)CCN1CCOC1=O)c1ccccc1. The molecule has 0 bridgehead atoms. The van der Waals surface area contributed by atoms with Gasteiger partial charge in [-0.25, -0.2) is 9.59 Å². The molecule has 2 amide bonds. The zero-order valence-electron chi connectivity index (χ0n) is 12.3.